The van der Waals surface area contributed by atoms with Crippen molar-refractivity contribution in [2.24, 2.45) is 5.92 Å². The fraction of sp³-hybridized carbons (Fsp3) is 0.500. The van der Waals surface area contributed by atoms with Crippen molar-refractivity contribution in [2.75, 3.05) is 11.9 Å². The van der Waals surface area contributed by atoms with Gasteiger partial charge in [0.15, 0.2) is 0 Å². The second-order valence-electron chi connectivity index (χ2n) is 8.12. The number of carbonyl (C=O) groups excluding carboxylic acids is 1. The minimum absolute atomic E-state index is 0.194. The Kier molecular flexibility index (Phi) is 3.84. The van der Waals surface area contributed by atoms with Crippen LogP contribution in [0, 0.1) is 5.92 Å². The van der Waals surface area contributed by atoms with Crippen LogP contribution in [0.1, 0.15) is 45.7 Å². The molecular formula is C20H26N4O2. The van der Waals surface area contributed by atoms with Gasteiger partial charge in [-0.25, -0.2) is 9.48 Å². The van der Waals surface area contributed by atoms with Gasteiger partial charge in [0.2, 0.25) is 0 Å². The van der Waals surface area contributed by atoms with Crippen molar-refractivity contribution in [1.82, 2.24) is 15.1 Å². The molecule has 1 aliphatic heterocycles. The summed E-state index contributed by atoms with van der Waals surface area (Å²) in [5.74, 6) is 0.631. The molecule has 0 radical (unpaired) electrons. The first kappa shape index (κ1) is 17.1. The van der Waals surface area contributed by atoms with Crippen molar-refractivity contribution < 1.29 is 9.53 Å². The number of anilines is 1. The molecule has 2 unspecified atom stereocenters. The number of carbonyl (C=O) groups is 1. The van der Waals surface area contributed by atoms with Crippen LogP contribution < -0.4 is 10.6 Å². The van der Waals surface area contributed by atoms with Crippen molar-refractivity contribution >= 4 is 11.7 Å². The molecule has 2 aliphatic rings. The summed E-state index contributed by atoms with van der Waals surface area (Å²) in [6.45, 7) is 9.02. The standard InChI is InChI=1S/C20H26N4O2/c1-13(2)17-16(11-21-24(17)15-8-6-5-7-9-15)22-18(25)23-20-10-14(20)12-26-19(20,3)4/h5-9,11,13-14H,10,12H2,1-4H3,(H2,22,23,25). The maximum absolute atomic E-state index is 12.7. The number of nitrogens with zero attached hydrogens (tertiary/aromatic N) is 2. The van der Waals surface area contributed by atoms with Crippen molar-refractivity contribution in [2.45, 2.75) is 51.2 Å². The molecule has 1 aromatic heterocycles. The van der Waals surface area contributed by atoms with Gasteiger partial charge in [-0.15, -0.1) is 0 Å². The predicted octanol–water partition coefficient (Wildman–Crippen LogP) is 3.68. The van der Waals surface area contributed by atoms with Gasteiger partial charge >= 0.3 is 6.03 Å². The van der Waals surface area contributed by atoms with Crippen molar-refractivity contribution in [3.8, 4) is 5.69 Å². The van der Waals surface area contributed by atoms with Gasteiger partial charge in [-0.05, 0) is 38.3 Å². The number of rotatable bonds is 4. The van der Waals surface area contributed by atoms with E-state index in [9.17, 15) is 4.79 Å². The van der Waals surface area contributed by atoms with Gasteiger partial charge < -0.3 is 15.4 Å². The Morgan fingerprint density at radius 1 is 1.31 bits per heavy atom. The molecule has 6 heteroatoms. The molecule has 2 fully saturated rings. The van der Waals surface area contributed by atoms with Crippen LogP contribution in [0.25, 0.3) is 5.69 Å². The number of nitrogens with one attached hydrogen (secondary N) is 2. The first-order chi connectivity index (χ1) is 12.3. The maximum atomic E-state index is 12.7. The largest absolute Gasteiger partial charge is 0.373 e. The minimum Gasteiger partial charge on any atom is -0.373 e. The number of para-hydroxylation sites is 1. The lowest BCUT2D eigenvalue weighted by atomic mass is 9.96. The first-order valence-corrected chi connectivity index (χ1v) is 9.20. The van der Waals surface area contributed by atoms with E-state index in [2.05, 4.69) is 29.6 Å². The van der Waals surface area contributed by atoms with Gasteiger partial charge in [0.25, 0.3) is 0 Å². The number of benzene rings is 1. The summed E-state index contributed by atoms with van der Waals surface area (Å²) in [5.41, 5.74) is 2.13. The van der Waals surface area contributed by atoms with E-state index in [1.807, 2.05) is 48.9 Å². The summed E-state index contributed by atoms with van der Waals surface area (Å²) in [4.78, 5) is 12.7. The van der Waals surface area contributed by atoms with Crippen LogP contribution in [0.15, 0.2) is 36.5 Å². The van der Waals surface area contributed by atoms with E-state index < -0.39 is 0 Å². The Hall–Kier alpha value is -2.34. The molecular weight excluding hydrogens is 328 g/mol. The molecule has 1 saturated heterocycles. The third-order valence-electron chi connectivity index (χ3n) is 5.76. The molecule has 4 rings (SSSR count). The zero-order valence-corrected chi connectivity index (χ0v) is 15.7. The SMILES string of the molecule is CC(C)c1c(NC(=O)NC23CC2COC3(C)C)cnn1-c1ccccc1. The average molecular weight is 354 g/mol. The Balaban J connectivity index is 1.55. The zero-order valence-electron chi connectivity index (χ0n) is 15.7. The van der Waals surface area contributed by atoms with Crippen LogP contribution in [-0.4, -0.2) is 33.6 Å². The number of fused-ring (bicyclic) bond motifs is 1. The van der Waals surface area contributed by atoms with Gasteiger partial charge in [-0.3, -0.25) is 0 Å². The van der Waals surface area contributed by atoms with Gasteiger partial charge in [0.1, 0.15) is 0 Å². The molecule has 2 heterocycles. The van der Waals surface area contributed by atoms with Crippen LogP contribution in [0.3, 0.4) is 0 Å². The predicted molar refractivity (Wildman–Crippen MR) is 101 cm³/mol. The lowest BCUT2D eigenvalue weighted by Gasteiger charge is -2.31. The molecule has 1 aliphatic carbocycles. The fourth-order valence-corrected chi connectivity index (χ4v) is 4.15. The monoisotopic (exact) mass is 354 g/mol. The molecule has 1 saturated carbocycles. The van der Waals surface area contributed by atoms with Crippen molar-refractivity contribution in [3.05, 3.63) is 42.2 Å². The van der Waals surface area contributed by atoms with Crippen LogP contribution in [0.5, 0.6) is 0 Å². The number of aromatic nitrogens is 2. The van der Waals surface area contributed by atoms with Crippen LogP contribution in [0.2, 0.25) is 0 Å². The van der Waals surface area contributed by atoms with Crippen LogP contribution in [0.4, 0.5) is 10.5 Å². The summed E-state index contributed by atoms with van der Waals surface area (Å²) in [6, 6.07) is 9.76. The topological polar surface area (TPSA) is 68.2 Å². The summed E-state index contributed by atoms with van der Waals surface area (Å²) in [7, 11) is 0. The van der Waals surface area contributed by atoms with E-state index in [0.717, 1.165) is 30.1 Å². The molecule has 1 aromatic carbocycles. The van der Waals surface area contributed by atoms with Gasteiger partial charge in [0, 0.05) is 5.92 Å². The van der Waals surface area contributed by atoms with E-state index in [1.165, 1.54) is 0 Å². The fourth-order valence-electron chi connectivity index (χ4n) is 4.15. The van der Waals surface area contributed by atoms with E-state index in [-0.39, 0.29) is 23.1 Å². The summed E-state index contributed by atoms with van der Waals surface area (Å²) < 4.78 is 7.71. The highest BCUT2D eigenvalue weighted by molar-refractivity contribution is 5.91. The summed E-state index contributed by atoms with van der Waals surface area (Å²) >= 11 is 0. The maximum Gasteiger partial charge on any atom is 0.319 e. The Bertz CT molecular complexity index is 828. The number of amides is 2. The van der Waals surface area contributed by atoms with E-state index in [4.69, 9.17) is 4.74 Å². The number of ether oxygens (including phenoxy) is 1. The van der Waals surface area contributed by atoms with Gasteiger partial charge in [0.05, 0.1) is 41.0 Å². The molecule has 26 heavy (non-hydrogen) atoms. The zero-order chi connectivity index (χ0) is 18.5. The number of hydrogen-bond acceptors (Lipinski definition) is 3. The van der Waals surface area contributed by atoms with Crippen molar-refractivity contribution in [3.63, 3.8) is 0 Å². The van der Waals surface area contributed by atoms with Crippen LogP contribution >= 0.6 is 0 Å². The Labute approximate surface area is 153 Å². The van der Waals surface area contributed by atoms with E-state index in [1.54, 1.807) is 6.20 Å². The normalized spacial score (nSPS) is 25.8. The number of urea groups is 1. The Morgan fingerprint density at radius 2 is 2.04 bits per heavy atom. The van der Waals surface area contributed by atoms with Gasteiger partial charge in [-0.1, -0.05) is 32.0 Å². The lowest BCUT2D eigenvalue weighted by molar-refractivity contribution is -0.00667. The third-order valence-corrected chi connectivity index (χ3v) is 5.76. The quantitative estimate of drug-likeness (QED) is 0.880. The van der Waals surface area contributed by atoms with Crippen LogP contribution in [-0.2, 0) is 4.74 Å². The Morgan fingerprint density at radius 3 is 2.62 bits per heavy atom. The molecule has 2 amide bonds. The first-order valence-electron chi connectivity index (χ1n) is 9.20. The molecule has 2 aromatic rings. The molecule has 0 spiro atoms. The van der Waals surface area contributed by atoms with Gasteiger partial charge in [-0.2, -0.15) is 5.10 Å². The molecule has 138 valence electrons. The molecule has 2 N–H and O–H groups in total. The summed E-state index contributed by atoms with van der Waals surface area (Å²) in [6.07, 6.45) is 2.70. The average Bonchev–Trinajstić information content (AvgIpc) is 3.05. The molecule has 6 nitrogen and oxygen atoms in total. The highest BCUT2D eigenvalue weighted by atomic mass is 16.5. The second-order valence-corrected chi connectivity index (χ2v) is 8.12. The highest BCUT2D eigenvalue weighted by Gasteiger charge is 2.69. The molecule has 2 atom stereocenters. The smallest absolute Gasteiger partial charge is 0.319 e. The lowest BCUT2D eigenvalue weighted by Crippen LogP contribution is -2.52. The second kappa shape index (κ2) is 5.84. The van der Waals surface area contributed by atoms with E-state index in [0.29, 0.717) is 5.92 Å². The highest BCUT2D eigenvalue weighted by Crippen LogP contribution is 2.57. The van der Waals surface area contributed by atoms with E-state index >= 15 is 0 Å². The molecule has 0 bridgehead atoms. The third kappa shape index (κ3) is 2.60. The van der Waals surface area contributed by atoms with Crippen molar-refractivity contribution in [1.29, 1.82) is 0 Å². The minimum atomic E-state index is -0.329. The summed E-state index contributed by atoms with van der Waals surface area (Å²) in [5, 5.41) is 10.7. The number of hydrogen-bond donors (Lipinski definition) is 2.